The molecule has 0 radical (unpaired) electrons. The number of nitrogens with one attached hydrogen (secondary N) is 2. The van der Waals surface area contributed by atoms with E-state index in [1.165, 1.54) is 6.08 Å². The summed E-state index contributed by atoms with van der Waals surface area (Å²) < 4.78 is 0. The monoisotopic (exact) mass is 294 g/mol. The Kier molecular flexibility index (Phi) is 5.49. The molecule has 2 aromatic rings. The van der Waals surface area contributed by atoms with Gasteiger partial charge in [-0.2, -0.15) is 0 Å². The Bertz CT molecular complexity index is 678. The first-order valence-electron chi connectivity index (χ1n) is 7.01. The fourth-order valence-corrected chi connectivity index (χ4v) is 1.97. The van der Waals surface area contributed by atoms with Crippen molar-refractivity contribution in [2.45, 2.75) is 6.42 Å². The molecule has 22 heavy (non-hydrogen) atoms. The van der Waals surface area contributed by atoms with Crippen LogP contribution < -0.4 is 10.6 Å². The van der Waals surface area contributed by atoms with Gasteiger partial charge in [-0.05, 0) is 23.3 Å². The highest BCUT2D eigenvalue weighted by atomic mass is 16.2. The van der Waals surface area contributed by atoms with Gasteiger partial charge in [-0.1, -0.05) is 48.5 Å². The molecule has 2 rings (SSSR count). The molecule has 0 fully saturated rings. The van der Waals surface area contributed by atoms with Gasteiger partial charge in [0.2, 0.25) is 11.8 Å². The van der Waals surface area contributed by atoms with E-state index in [0.29, 0.717) is 5.69 Å². The Morgan fingerprint density at radius 1 is 1.00 bits per heavy atom. The minimum absolute atomic E-state index is 0.0958. The fraction of sp³-hybridized carbons (Fsp3) is 0.111. The van der Waals surface area contributed by atoms with Crippen molar-refractivity contribution < 1.29 is 9.59 Å². The standard InChI is InChI=1S/C18H18N2O2/c1-19-18(22)13-15-9-5-6-10-16(15)20-17(21)12-11-14-7-3-2-4-8-14/h2-12H,13H2,1H3,(H,19,22)(H,20,21). The van der Waals surface area contributed by atoms with Crippen LogP contribution >= 0.6 is 0 Å². The van der Waals surface area contributed by atoms with Gasteiger partial charge in [0, 0.05) is 18.8 Å². The number of hydrogen-bond donors (Lipinski definition) is 2. The van der Waals surface area contributed by atoms with Crippen LogP contribution in [0.3, 0.4) is 0 Å². The van der Waals surface area contributed by atoms with Crippen molar-refractivity contribution >= 4 is 23.6 Å². The average Bonchev–Trinajstić information content (AvgIpc) is 2.55. The molecule has 0 heterocycles. The van der Waals surface area contributed by atoms with E-state index in [1.54, 1.807) is 19.2 Å². The predicted molar refractivity (Wildman–Crippen MR) is 88.3 cm³/mol. The van der Waals surface area contributed by atoms with Gasteiger partial charge in [-0.25, -0.2) is 0 Å². The molecule has 2 N–H and O–H groups in total. The largest absolute Gasteiger partial charge is 0.359 e. The van der Waals surface area contributed by atoms with E-state index in [1.807, 2.05) is 48.5 Å². The third-order valence-corrected chi connectivity index (χ3v) is 3.13. The number of likely N-dealkylation sites (N-methyl/N-ethyl adjacent to an activating group) is 1. The van der Waals surface area contributed by atoms with Crippen LogP contribution in [-0.4, -0.2) is 18.9 Å². The maximum Gasteiger partial charge on any atom is 0.248 e. The van der Waals surface area contributed by atoms with Crippen LogP contribution in [0.25, 0.3) is 6.08 Å². The van der Waals surface area contributed by atoms with E-state index in [2.05, 4.69) is 10.6 Å². The van der Waals surface area contributed by atoms with Crippen molar-refractivity contribution in [1.29, 1.82) is 0 Å². The second kappa shape index (κ2) is 7.78. The number of para-hydroxylation sites is 1. The lowest BCUT2D eigenvalue weighted by Crippen LogP contribution is -2.21. The molecule has 0 aromatic heterocycles. The molecule has 0 atom stereocenters. The summed E-state index contributed by atoms with van der Waals surface area (Å²) in [6, 6.07) is 16.9. The highest BCUT2D eigenvalue weighted by Gasteiger charge is 2.07. The number of anilines is 1. The van der Waals surface area contributed by atoms with Crippen LogP contribution in [-0.2, 0) is 16.0 Å². The van der Waals surface area contributed by atoms with E-state index in [9.17, 15) is 9.59 Å². The smallest absolute Gasteiger partial charge is 0.248 e. The summed E-state index contributed by atoms with van der Waals surface area (Å²) >= 11 is 0. The maximum absolute atomic E-state index is 12.0. The molecule has 0 spiro atoms. The molecule has 0 saturated heterocycles. The van der Waals surface area contributed by atoms with E-state index in [-0.39, 0.29) is 18.2 Å². The van der Waals surface area contributed by atoms with Gasteiger partial charge >= 0.3 is 0 Å². The Morgan fingerprint density at radius 2 is 1.68 bits per heavy atom. The molecule has 0 aliphatic carbocycles. The van der Waals surface area contributed by atoms with E-state index in [0.717, 1.165) is 11.1 Å². The number of carbonyl (C=O) groups excluding carboxylic acids is 2. The van der Waals surface area contributed by atoms with Crippen molar-refractivity contribution in [3.8, 4) is 0 Å². The lowest BCUT2D eigenvalue weighted by Gasteiger charge is -2.09. The highest BCUT2D eigenvalue weighted by Crippen LogP contribution is 2.15. The molecule has 0 aliphatic rings. The molecule has 4 heteroatoms. The number of benzene rings is 2. The summed E-state index contributed by atoms with van der Waals surface area (Å²) in [6.45, 7) is 0. The zero-order valence-corrected chi connectivity index (χ0v) is 12.4. The summed E-state index contributed by atoms with van der Waals surface area (Å²) in [5.41, 5.74) is 2.38. The van der Waals surface area contributed by atoms with Crippen molar-refractivity contribution in [3.63, 3.8) is 0 Å². The number of amides is 2. The zero-order chi connectivity index (χ0) is 15.8. The van der Waals surface area contributed by atoms with Gasteiger partial charge in [0.05, 0.1) is 6.42 Å². The molecule has 0 saturated carbocycles. The minimum Gasteiger partial charge on any atom is -0.359 e. The van der Waals surface area contributed by atoms with Crippen molar-refractivity contribution in [2.75, 3.05) is 12.4 Å². The highest BCUT2D eigenvalue weighted by molar-refractivity contribution is 6.02. The van der Waals surface area contributed by atoms with Crippen LogP contribution in [0.5, 0.6) is 0 Å². The average molecular weight is 294 g/mol. The predicted octanol–water partition coefficient (Wildman–Crippen LogP) is 2.63. The molecule has 112 valence electrons. The summed E-state index contributed by atoms with van der Waals surface area (Å²) in [6.07, 6.45) is 3.46. The van der Waals surface area contributed by atoms with Gasteiger partial charge in [-0.3, -0.25) is 9.59 Å². The molecule has 4 nitrogen and oxygen atoms in total. The first kappa shape index (κ1) is 15.5. The number of rotatable bonds is 5. The van der Waals surface area contributed by atoms with Crippen molar-refractivity contribution in [1.82, 2.24) is 5.32 Å². The molecule has 0 unspecified atom stereocenters. The first-order valence-corrected chi connectivity index (χ1v) is 7.01. The molecule has 0 bridgehead atoms. The second-order valence-corrected chi connectivity index (χ2v) is 4.74. The number of hydrogen-bond acceptors (Lipinski definition) is 2. The van der Waals surface area contributed by atoms with Crippen molar-refractivity contribution in [2.24, 2.45) is 0 Å². The molecule has 2 aromatic carbocycles. The van der Waals surface area contributed by atoms with E-state index >= 15 is 0 Å². The second-order valence-electron chi connectivity index (χ2n) is 4.74. The Labute approximate surface area is 129 Å². The van der Waals surface area contributed by atoms with Crippen LogP contribution in [0, 0.1) is 0 Å². The normalized spacial score (nSPS) is 10.4. The number of carbonyl (C=O) groups is 2. The summed E-state index contributed by atoms with van der Waals surface area (Å²) in [5, 5.41) is 5.38. The third-order valence-electron chi connectivity index (χ3n) is 3.13. The lowest BCUT2D eigenvalue weighted by molar-refractivity contribution is -0.120. The lowest BCUT2D eigenvalue weighted by atomic mass is 10.1. The maximum atomic E-state index is 12.0. The fourth-order valence-electron chi connectivity index (χ4n) is 1.97. The molecular weight excluding hydrogens is 276 g/mol. The van der Waals surface area contributed by atoms with Crippen LogP contribution in [0.2, 0.25) is 0 Å². The van der Waals surface area contributed by atoms with E-state index < -0.39 is 0 Å². The van der Waals surface area contributed by atoms with Crippen LogP contribution in [0.1, 0.15) is 11.1 Å². The van der Waals surface area contributed by atoms with Gasteiger partial charge in [0.1, 0.15) is 0 Å². The summed E-state index contributed by atoms with van der Waals surface area (Å²) in [4.78, 5) is 23.5. The molecular formula is C18H18N2O2. The van der Waals surface area contributed by atoms with Gasteiger partial charge in [0.15, 0.2) is 0 Å². The zero-order valence-electron chi connectivity index (χ0n) is 12.4. The van der Waals surface area contributed by atoms with Gasteiger partial charge < -0.3 is 10.6 Å². The van der Waals surface area contributed by atoms with Gasteiger partial charge in [0.25, 0.3) is 0 Å². The SMILES string of the molecule is CNC(=O)Cc1ccccc1NC(=O)C=Cc1ccccc1. The van der Waals surface area contributed by atoms with Gasteiger partial charge in [-0.15, -0.1) is 0 Å². The quantitative estimate of drug-likeness (QED) is 0.833. The van der Waals surface area contributed by atoms with Crippen LogP contribution in [0.15, 0.2) is 60.7 Å². The van der Waals surface area contributed by atoms with Crippen LogP contribution in [0.4, 0.5) is 5.69 Å². The summed E-state index contributed by atoms with van der Waals surface area (Å²) in [5.74, 6) is -0.324. The molecule has 2 amide bonds. The Balaban J connectivity index is 2.05. The topological polar surface area (TPSA) is 58.2 Å². The van der Waals surface area contributed by atoms with Crippen molar-refractivity contribution in [3.05, 3.63) is 71.8 Å². The molecule has 0 aliphatic heterocycles. The van der Waals surface area contributed by atoms with E-state index in [4.69, 9.17) is 0 Å². The first-order chi connectivity index (χ1) is 10.7. The Hall–Kier alpha value is -2.88. The summed E-state index contributed by atoms with van der Waals surface area (Å²) in [7, 11) is 1.59. The Morgan fingerprint density at radius 3 is 2.41 bits per heavy atom. The third kappa shape index (κ3) is 4.59. The minimum atomic E-state index is -0.229.